The number of nitrogens with one attached hydrogen (secondary N) is 2. The maximum absolute atomic E-state index is 12.8. The van der Waals surface area contributed by atoms with Crippen LogP contribution in [0.5, 0.6) is 0 Å². The SMILES string of the molecule is CC(=O)N/C(=C\c1ccccc1)C(=O)O[C@H](C)C(=O)c1c[nH]c2ccccc12. The Kier molecular flexibility index (Phi) is 5.69. The number of ketones is 1. The van der Waals surface area contributed by atoms with Crippen LogP contribution in [0.3, 0.4) is 0 Å². The first-order valence-electron chi connectivity index (χ1n) is 8.81. The molecule has 0 radical (unpaired) electrons. The number of H-pyrrole nitrogens is 1. The van der Waals surface area contributed by atoms with Gasteiger partial charge in [-0.2, -0.15) is 0 Å². The summed E-state index contributed by atoms with van der Waals surface area (Å²) in [5, 5.41) is 3.23. The highest BCUT2D eigenvalue weighted by molar-refractivity contribution is 6.10. The van der Waals surface area contributed by atoms with Gasteiger partial charge < -0.3 is 15.0 Å². The van der Waals surface area contributed by atoms with Crippen molar-refractivity contribution in [2.24, 2.45) is 0 Å². The molecule has 6 nitrogen and oxygen atoms in total. The van der Waals surface area contributed by atoms with Gasteiger partial charge in [0, 0.05) is 29.6 Å². The zero-order valence-electron chi connectivity index (χ0n) is 15.6. The summed E-state index contributed by atoms with van der Waals surface area (Å²) in [7, 11) is 0. The lowest BCUT2D eigenvalue weighted by Gasteiger charge is -2.14. The molecule has 1 heterocycles. The number of amides is 1. The Bertz CT molecular complexity index is 1050. The van der Waals surface area contributed by atoms with Crippen LogP contribution in [0.15, 0.2) is 66.5 Å². The summed E-state index contributed by atoms with van der Waals surface area (Å²) in [6.45, 7) is 2.81. The third-order valence-electron chi connectivity index (χ3n) is 4.15. The predicted molar refractivity (Wildman–Crippen MR) is 106 cm³/mol. The molecule has 3 aromatic rings. The van der Waals surface area contributed by atoms with Crippen LogP contribution in [0.4, 0.5) is 0 Å². The van der Waals surface area contributed by atoms with Crippen molar-refractivity contribution in [2.45, 2.75) is 20.0 Å². The number of esters is 1. The van der Waals surface area contributed by atoms with E-state index in [4.69, 9.17) is 4.74 Å². The number of rotatable bonds is 6. The molecule has 3 rings (SSSR count). The van der Waals surface area contributed by atoms with E-state index in [2.05, 4.69) is 10.3 Å². The molecule has 0 bridgehead atoms. The van der Waals surface area contributed by atoms with Gasteiger partial charge in [0.05, 0.1) is 0 Å². The molecular formula is C22H20N2O4. The summed E-state index contributed by atoms with van der Waals surface area (Å²) in [6, 6.07) is 16.4. The highest BCUT2D eigenvalue weighted by Crippen LogP contribution is 2.20. The van der Waals surface area contributed by atoms with Crippen LogP contribution in [0.1, 0.15) is 29.8 Å². The summed E-state index contributed by atoms with van der Waals surface area (Å²) in [5.74, 6) is -1.51. The quantitative estimate of drug-likeness (QED) is 0.392. The van der Waals surface area contributed by atoms with E-state index in [1.54, 1.807) is 18.3 Å². The molecule has 0 unspecified atom stereocenters. The van der Waals surface area contributed by atoms with Gasteiger partial charge in [0.1, 0.15) is 5.70 Å². The monoisotopic (exact) mass is 376 g/mol. The number of benzene rings is 2. The molecule has 1 atom stereocenters. The molecule has 1 amide bonds. The summed E-state index contributed by atoms with van der Waals surface area (Å²) in [6.07, 6.45) is 2.10. The van der Waals surface area contributed by atoms with E-state index in [-0.39, 0.29) is 11.5 Å². The predicted octanol–water partition coefficient (Wildman–Crippen LogP) is 3.46. The van der Waals surface area contributed by atoms with Gasteiger partial charge in [0.2, 0.25) is 11.7 Å². The number of aromatic amines is 1. The van der Waals surface area contributed by atoms with E-state index in [0.29, 0.717) is 5.56 Å². The fourth-order valence-electron chi connectivity index (χ4n) is 2.82. The van der Waals surface area contributed by atoms with E-state index in [9.17, 15) is 14.4 Å². The zero-order valence-corrected chi connectivity index (χ0v) is 15.6. The van der Waals surface area contributed by atoms with Crippen molar-refractivity contribution in [1.82, 2.24) is 10.3 Å². The second-order valence-corrected chi connectivity index (χ2v) is 6.31. The first kappa shape index (κ1) is 19.1. The Balaban J connectivity index is 1.79. The molecule has 0 aliphatic heterocycles. The fourth-order valence-corrected chi connectivity index (χ4v) is 2.82. The topological polar surface area (TPSA) is 88.3 Å². The third-order valence-corrected chi connectivity index (χ3v) is 4.15. The van der Waals surface area contributed by atoms with Gasteiger partial charge in [-0.15, -0.1) is 0 Å². The maximum Gasteiger partial charge on any atom is 0.355 e. The minimum absolute atomic E-state index is 0.0303. The highest BCUT2D eigenvalue weighted by Gasteiger charge is 2.24. The van der Waals surface area contributed by atoms with E-state index < -0.39 is 18.0 Å². The van der Waals surface area contributed by atoms with Crippen molar-refractivity contribution in [3.8, 4) is 0 Å². The highest BCUT2D eigenvalue weighted by atomic mass is 16.5. The van der Waals surface area contributed by atoms with Gasteiger partial charge in [-0.1, -0.05) is 48.5 Å². The first-order chi connectivity index (χ1) is 13.5. The Morgan fingerprint density at radius 3 is 2.43 bits per heavy atom. The fraction of sp³-hybridized carbons (Fsp3) is 0.136. The largest absolute Gasteiger partial charge is 0.450 e. The van der Waals surface area contributed by atoms with Crippen LogP contribution in [0.2, 0.25) is 0 Å². The lowest BCUT2D eigenvalue weighted by molar-refractivity contribution is -0.142. The molecule has 0 saturated heterocycles. The van der Waals surface area contributed by atoms with Crippen molar-refractivity contribution < 1.29 is 19.1 Å². The number of carbonyl (C=O) groups is 3. The van der Waals surface area contributed by atoms with Gasteiger partial charge >= 0.3 is 5.97 Å². The molecule has 2 aromatic carbocycles. The molecule has 6 heteroatoms. The molecule has 0 fully saturated rings. The maximum atomic E-state index is 12.8. The van der Waals surface area contributed by atoms with Crippen LogP contribution < -0.4 is 5.32 Å². The number of para-hydroxylation sites is 1. The number of hydrogen-bond acceptors (Lipinski definition) is 4. The Morgan fingerprint density at radius 1 is 1.04 bits per heavy atom. The summed E-state index contributed by atoms with van der Waals surface area (Å²) in [5.41, 5.74) is 1.97. The van der Waals surface area contributed by atoms with Gasteiger partial charge in [0.15, 0.2) is 6.10 Å². The molecule has 2 N–H and O–H groups in total. The first-order valence-corrected chi connectivity index (χ1v) is 8.81. The van der Waals surface area contributed by atoms with Crippen LogP contribution in [0, 0.1) is 0 Å². The van der Waals surface area contributed by atoms with Crippen LogP contribution in [-0.4, -0.2) is 28.7 Å². The Morgan fingerprint density at radius 2 is 1.71 bits per heavy atom. The number of Topliss-reactive ketones (excluding diaryl/α,β-unsaturated/α-hetero) is 1. The second-order valence-electron chi connectivity index (χ2n) is 6.31. The Labute approximate surface area is 162 Å². The zero-order chi connectivity index (χ0) is 20.1. The summed E-state index contributed by atoms with van der Waals surface area (Å²) < 4.78 is 5.33. The molecule has 142 valence electrons. The number of hydrogen-bond donors (Lipinski definition) is 2. The number of carbonyl (C=O) groups excluding carboxylic acids is 3. The second kappa shape index (κ2) is 8.35. The number of ether oxygens (including phenoxy) is 1. The average Bonchev–Trinajstić information content (AvgIpc) is 3.11. The minimum Gasteiger partial charge on any atom is -0.450 e. The Hall–Kier alpha value is -3.67. The molecule has 0 aliphatic rings. The molecule has 0 spiro atoms. The molecule has 28 heavy (non-hydrogen) atoms. The van der Waals surface area contributed by atoms with Crippen molar-refractivity contribution in [3.05, 3.63) is 77.6 Å². The van der Waals surface area contributed by atoms with Crippen LogP contribution >= 0.6 is 0 Å². The number of aromatic nitrogens is 1. The van der Waals surface area contributed by atoms with E-state index in [1.807, 2.05) is 42.5 Å². The van der Waals surface area contributed by atoms with Gasteiger partial charge in [0.25, 0.3) is 0 Å². The molecular weight excluding hydrogens is 356 g/mol. The lowest BCUT2D eigenvalue weighted by atomic mass is 10.1. The molecule has 0 saturated carbocycles. The van der Waals surface area contributed by atoms with Crippen LogP contribution in [0.25, 0.3) is 17.0 Å². The molecule has 0 aliphatic carbocycles. The van der Waals surface area contributed by atoms with Crippen molar-refractivity contribution >= 4 is 34.6 Å². The summed E-state index contributed by atoms with van der Waals surface area (Å²) in [4.78, 5) is 39.8. The van der Waals surface area contributed by atoms with Crippen LogP contribution in [-0.2, 0) is 14.3 Å². The van der Waals surface area contributed by atoms with Gasteiger partial charge in [-0.3, -0.25) is 9.59 Å². The van der Waals surface area contributed by atoms with E-state index >= 15 is 0 Å². The molecule has 1 aromatic heterocycles. The van der Waals surface area contributed by atoms with Gasteiger partial charge in [-0.25, -0.2) is 4.79 Å². The minimum atomic E-state index is -1.01. The summed E-state index contributed by atoms with van der Waals surface area (Å²) >= 11 is 0. The number of fused-ring (bicyclic) bond motifs is 1. The van der Waals surface area contributed by atoms with Crippen molar-refractivity contribution in [1.29, 1.82) is 0 Å². The normalized spacial score (nSPS) is 12.4. The smallest absolute Gasteiger partial charge is 0.355 e. The van der Waals surface area contributed by atoms with Crippen molar-refractivity contribution in [2.75, 3.05) is 0 Å². The van der Waals surface area contributed by atoms with Crippen molar-refractivity contribution in [3.63, 3.8) is 0 Å². The third kappa shape index (κ3) is 4.35. The van der Waals surface area contributed by atoms with E-state index in [0.717, 1.165) is 16.5 Å². The van der Waals surface area contributed by atoms with Gasteiger partial charge in [-0.05, 0) is 24.6 Å². The average molecular weight is 376 g/mol. The van der Waals surface area contributed by atoms with E-state index in [1.165, 1.54) is 19.9 Å². The lowest BCUT2D eigenvalue weighted by Crippen LogP contribution is -2.31. The standard InChI is InChI=1S/C22H20N2O4/c1-14(21(26)18-13-23-19-11-7-6-10-17(18)19)28-22(27)20(24-15(2)25)12-16-8-4-3-5-9-16/h3-14,23H,1-2H3,(H,24,25)/b20-12-/t14-/m1/s1.